The van der Waals surface area contributed by atoms with Gasteiger partial charge >= 0.3 is 0 Å². The SMILES string of the molecule is CCCCCCCCCCCCN1C2=CC=CCC2=Cc2ccccc21. The van der Waals surface area contributed by atoms with Gasteiger partial charge in [0.1, 0.15) is 0 Å². The fourth-order valence-corrected chi connectivity index (χ4v) is 4.13. The van der Waals surface area contributed by atoms with Crippen LogP contribution in [-0.4, -0.2) is 6.54 Å². The molecule has 140 valence electrons. The van der Waals surface area contributed by atoms with Crippen molar-refractivity contribution in [2.45, 2.75) is 77.6 Å². The van der Waals surface area contributed by atoms with Gasteiger partial charge in [0.25, 0.3) is 0 Å². The number of benzene rings is 1. The van der Waals surface area contributed by atoms with Crippen LogP contribution in [0, 0.1) is 0 Å². The van der Waals surface area contributed by atoms with Crippen molar-refractivity contribution >= 4 is 11.8 Å². The van der Waals surface area contributed by atoms with Crippen LogP contribution in [-0.2, 0) is 0 Å². The lowest BCUT2D eigenvalue weighted by molar-refractivity contribution is 0.556. The van der Waals surface area contributed by atoms with Crippen LogP contribution in [0.25, 0.3) is 6.08 Å². The second kappa shape index (κ2) is 10.4. The molecule has 26 heavy (non-hydrogen) atoms. The van der Waals surface area contributed by atoms with Gasteiger partial charge in [-0.1, -0.05) is 95.1 Å². The molecule has 0 amide bonds. The Labute approximate surface area is 160 Å². The number of para-hydroxylation sites is 1. The molecule has 1 aromatic carbocycles. The summed E-state index contributed by atoms with van der Waals surface area (Å²) in [7, 11) is 0. The molecule has 0 unspecified atom stereocenters. The Morgan fingerprint density at radius 2 is 1.54 bits per heavy atom. The Balaban J connectivity index is 1.43. The smallest absolute Gasteiger partial charge is 0.0484 e. The van der Waals surface area contributed by atoms with E-state index in [0.29, 0.717) is 0 Å². The maximum absolute atomic E-state index is 2.55. The van der Waals surface area contributed by atoms with Crippen molar-refractivity contribution in [1.29, 1.82) is 0 Å². The Morgan fingerprint density at radius 3 is 2.31 bits per heavy atom. The highest BCUT2D eigenvalue weighted by Crippen LogP contribution is 2.37. The van der Waals surface area contributed by atoms with E-state index in [0.717, 1.165) is 13.0 Å². The molecule has 0 radical (unpaired) electrons. The molecule has 1 aliphatic carbocycles. The van der Waals surface area contributed by atoms with Gasteiger partial charge in [0.05, 0.1) is 0 Å². The van der Waals surface area contributed by atoms with Gasteiger partial charge in [-0.15, -0.1) is 0 Å². The molecule has 0 fully saturated rings. The van der Waals surface area contributed by atoms with E-state index in [1.165, 1.54) is 86.7 Å². The first kappa shape index (κ1) is 19.0. The van der Waals surface area contributed by atoms with Crippen molar-refractivity contribution in [2.24, 2.45) is 0 Å². The molecule has 0 N–H and O–H groups in total. The topological polar surface area (TPSA) is 3.24 Å². The first-order chi connectivity index (χ1) is 12.9. The summed E-state index contributed by atoms with van der Waals surface area (Å²) >= 11 is 0. The van der Waals surface area contributed by atoms with Crippen LogP contribution in [0.5, 0.6) is 0 Å². The number of nitrogens with zero attached hydrogens (tertiary/aromatic N) is 1. The Bertz CT molecular complexity index is 650. The Kier molecular flexibility index (Phi) is 7.61. The number of allylic oxidation sites excluding steroid dienone is 4. The van der Waals surface area contributed by atoms with Crippen molar-refractivity contribution in [3.05, 3.63) is 59.3 Å². The zero-order chi connectivity index (χ0) is 18.0. The van der Waals surface area contributed by atoms with Crippen LogP contribution in [0.2, 0.25) is 0 Å². The lowest BCUT2D eigenvalue weighted by Gasteiger charge is -2.35. The van der Waals surface area contributed by atoms with Crippen molar-refractivity contribution in [2.75, 3.05) is 11.4 Å². The summed E-state index contributed by atoms with van der Waals surface area (Å²) in [6, 6.07) is 8.85. The predicted molar refractivity (Wildman–Crippen MR) is 115 cm³/mol. The third kappa shape index (κ3) is 5.13. The molecule has 0 spiro atoms. The minimum absolute atomic E-state index is 1.06. The maximum atomic E-state index is 2.55. The largest absolute Gasteiger partial charge is 0.341 e. The summed E-state index contributed by atoms with van der Waals surface area (Å²) in [5.41, 5.74) is 5.65. The van der Waals surface area contributed by atoms with E-state index in [1.807, 2.05) is 0 Å². The number of anilines is 1. The van der Waals surface area contributed by atoms with Gasteiger partial charge in [0.15, 0.2) is 0 Å². The first-order valence-corrected chi connectivity index (χ1v) is 10.8. The second-order valence-electron chi connectivity index (χ2n) is 7.75. The average Bonchev–Trinajstić information content (AvgIpc) is 2.68. The highest BCUT2D eigenvalue weighted by molar-refractivity contribution is 5.80. The van der Waals surface area contributed by atoms with E-state index in [4.69, 9.17) is 0 Å². The zero-order valence-corrected chi connectivity index (χ0v) is 16.6. The zero-order valence-electron chi connectivity index (χ0n) is 16.6. The summed E-state index contributed by atoms with van der Waals surface area (Å²) in [5, 5.41) is 0. The van der Waals surface area contributed by atoms with E-state index in [1.54, 1.807) is 0 Å². The molecule has 1 nitrogen and oxygen atoms in total. The Hall–Kier alpha value is -1.76. The minimum atomic E-state index is 1.06. The molecular weight excluding hydrogens is 314 g/mol. The van der Waals surface area contributed by atoms with Gasteiger partial charge in [-0.25, -0.2) is 0 Å². The Morgan fingerprint density at radius 1 is 0.846 bits per heavy atom. The molecule has 0 atom stereocenters. The van der Waals surface area contributed by atoms with Crippen LogP contribution in [0.3, 0.4) is 0 Å². The van der Waals surface area contributed by atoms with Gasteiger partial charge in [-0.2, -0.15) is 0 Å². The number of hydrogen-bond donors (Lipinski definition) is 0. The maximum Gasteiger partial charge on any atom is 0.0484 e. The minimum Gasteiger partial charge on any atom is -0.341 e. The number of unbranched alkanes of at least 4 members (excludes halogenated alkanes) is 9. The molecule has 1 aromatic rings. The lowest BCUT2D eigenvalue weighted by atomic mass is 9.94. The highest BCUT2D eigenvalue weighted by Gasteiger charge is 2.22. The van der Waals surface area contributed by atoms with E-state index < -0.39 is 0 Å². The molecule has 1 heteroatoms. The second-order valence-corrected chi connectivity index (χ2v) is 7.75. The standard InChI is InChI=1S/C25H35N/c1-2-3-4-5-6-7-8-9-10-15-20-26-24-18-13-11-16-22(24)21-23-17-12-14-19-25(23)26/h11-14,16,18-19,21H,2-10,15,17,20H2,1H3. The monoisotopic (exact) mass is 349 g/mol. The van der Waals surface area contributed by atoms with Crippen LogP contribution < -0.4 is 4.90 Å². The van der Waals surface area contributed by atoms with Gasteiger partial charge in [-0.05, 0) is 42.2 Å². The summed E-state index contributed by atoms with van der Waals surface area (Å²) in [5.74, 6) is 0. The molecule has 0 saturated carbocycles. The van der Waals surface area contributed by atoms with Crippen molar-refractivity contribution in [1.82, 2.24) is 0 Å². The van der Waals surface area contributed by atoms with Crippen LogP contribution in [0.1, 0.15) is 83.1 Å². The summed E-state index contributed by atoms with van der Waals surface area (Å²) in [4.78, 5) is 2.55. The van der Waals surface area contributed by atoms with Gasteiger partial charge in [0, 0.05) is 17.9 Å². The number of hydrogen-bond acceptors (Lipinski definition) is 1. The third-order valence-electron chi connectivity index (χ3n) is 5.64. The average molecular weight is 350 g/mol. The summed E-state index contributed by atoms with van der Waals surface area (Å²) in [6.45, 7) is 3.43. The predicted octanol–water partition coefficient (Wildman–Crippen LogP) is 7.65. The molecule has 2 aliphatic rings. The van der Waals surface area contributed by atoms with Crippen LogP contribution in [0.15, 0.2) is 53.8 Å². The van der Waals surface area contributed by atoms with E-state index >= 15 is 0 Å². The van der Waals surface area contributed by atoms with Crippen molar-refractivity contribution < 1.29 is 0 Å². The summed E-state index contributed by atoms with van der Waals surface area (Å²) < 4.78 is 0. The number of fused-ring (bicyclic) bond motifs is 2. The molecule has 1 aliphatic heterocycles. The van der Waals surface area contributed by atoms with Crippen molar-refractivity contribution in [3.8, 4) is 0 Å². The first-order valence-electron chi connectivity index (χ1n) is 10.8. The quantitative estimate of drug-likeness (QED) is 0.371. The van der Waals surface area contributed by atoms with Gasteiger partial charge in [0.2, 0.25) is 0 Å². The molecule has 0 bridgehead atoms. The van der Waals surface area contributed by atoms with E-state index in [9.17, 15) is 0 Å². The molecule has 0 aromatic heterocycles. The van der Waals surface area contributed by atoms with E-state index in [-0.39, 0.29) is 0 Å². The molecular formula is C25H35N. The fourth-order valence-electron chi connectivity index (χ4n) is 4.13. The molecule has 1 heterocycles. The normalized spacial score (nSPS) is 15.3. The highest BCUT2D eigenvalue weighted by atomic mass is 15.1. The molecule has 3 rings (SSSR count). The van der Waals surface area contributed by atoms with E-state index in [2.05, 4.69) is 60.4 Å². The van der Waals surface area contributed by atoms with Crippen LogP contribution >= 0.6 is 0 Å². The van der Waals surface area contributed by atoms with Crippen LogP contribution in [0.4, 0.5) is 5.69 Å². The summed E-state index contributed by atoms with van der Waals surface area (Å²) in [6.07, 6.45) is 24.2. The van der Waals surface area contributed by atoms with Gasteiger partial charge in [-0.3, -0.25) is 0 Å². The van der Waals surface area contributed by atoms with Gasteiger partial charge < -0.3 is 4.90 Å². The van der Waals surface area contributed by atoms with Crippen molar-refractivity contribution in [3.63, 3.8) is 0 Å². The molecule has 0 saturated heterocycles. The third-order valence-corrected chi connectivity index (χ3v) is 5.64. The fraction of sp³-hybridized carbons (Fsp3) is 0.520. The number of rotatable bonds is 11. The lowest BCUT2D eigenvalue weighted by Crippen LogP contribution is -2.28.